The topological polar surface area (TPSA) is 150 Å². The average Bonchev–Trinajstić information content (AvgIpc) is 3.44. The Balaban J connectivity index is 2.08. The van der Waals surface area contributed by atoms with Gasteiger partial charge in [-0.3, -0.25) is 14.4 Å². The zero-order valence-electron chi connectivity index (χ0n) is 30.1. The molecule has 4 N–H and O–H groups in total. The molecule has 0 aliphatic carbocycles. The van der Waals surface area contributed by atoms with Gasteiger partial charge in [0.15, 0.2) is 0 Å². The van der Waals surface area contributed by atoms with Crippen LogP contribution in [0.4, 0.5) is 13.6 Å². The number of nitrogens with zero attached hydrogens (tertiary/aromatic N) is 2. The van der Waals surface area contributed by atoms with Crippen molar-refractivity contribution in [1.29, 1.82) is 0 Å². The maximum absolute atomic E-state index is 15.1. The molecule has 0 unspecified atom stereocenters. The van der Waals surface area contributed by atoms with Gasteiger partial charge < -0.3 is 35.1 Å². The lowest BCUT2D eigenvalue weighted by atomic mass is 9.82. The molecule has 280 valence electrons. The van der Waals surface area contributed by atoms with Gasteiger partial charge in [-0.1, -0.05) is 51.1 Å². The lowest BCUT2D eigenvalue weighted by molar-refractivity contribution is -0.140. The average molecular weight is 733 g/mol. The number of carbonyl (C=O) groups excluding carboxylic acids is 3. The number of carboxylic acid groups (broad SMARTS) is 1. The van der Waals surface area contributed by atoms with Crippen molar-refractivity contribution in [2.75, 3.05) is 50.8 Å². The number of aromatic nitrogens is 1. The molecule has 0 bridgehead atoms. The molecule has 3 aromatic rings. The van der Waals surface area contributed by atoms with Crippen molar-refractivity contribution in [3.63, 3.8) is 0 Å². The number of carbonyl (C=O) groups is 4. The quantitative estimate of drug-likeness (QED) is 0.150. The lowest BCUT2D eigenvalue weighted by Crippen LogP contribution is -2.54. The number of nitrogens with one attached hydrogen (secondary N) is 2. The van der Waals surface area contributed by atoms with Crippen LogP contribution in [0.2, 0.25) is 0 Å². The summed E-state index contributed by atoms with van der Waals surface area (Å²) in [5, 5.41) is 24.7. The molecule has 0 radical (unpaired) electrons. The first-order chi connectivity index (χ1) is 23.9. The predicted octanol–water partition coefficient (Wildman–Crippen LogP) is 5.16. The summed E-state index contributed by atoms with van der Waals surface area (Å²) in [5.74, 6) is -3.05. The highest BCUT2D eigenvalue weighted by Gasteiger charge is 2.38. The molecular weight excluding hydrogens is 682 g/mol. The third-order valence-corrected chi connectivity index (χ3v) is 9.39. The van der Waals surface area contributed by atoms with Crippen LogP contribution in [0.25, 0.3) is 11.1 Å². The molecule has 0 fully saturated rings. The van der Waals surface area contributed by atoms with E-state index in [-0.39, 0.29) is 31.7 Å². The molecule has 14 heteroatoms. The third kappa shape index (κ3) is 13.0. The number of halogens is 2. The first-order valence-corrected chi connectivity index (χ1v) is 19.6. The number of aliphatic carboxylic acids is 1. The van der Waals surface area contributed by atoms with Crippen molar-refractivity contribution in [2.24, 2.45) is 5.41 Å². The van der Waals surface area contributed by atoms with Crippen LogP contribution >= 0.6 is 10.0 Å². The van der Waals surface area contributed by atoms with Gasteiger partial charge in [0.25, 0.3) is 0 Å². The van der Waals surface area contributed by atoms with Crippen LogP contribution in [0, 0.1) is 17.0 Å². The lowest BCUT2D eigenvalue weighted by Gasteiger charge is -2.42. The Bertz CT molecular complexity index is 1650. The van der Waals surface area contributed by atoms with Crippen molar-refractivity contribution in [3.8, 4) is 11.1 Å². The molecule has 0 saturated carbocycles. The molecule has 0 spiro atoms. The Morgan fingerprint density at radius 3 is 2.29 bits per heavy atom. The van der Waals surface area contributed by atoms with Crippen LogP contribution in [0.3, 0.4) is 0 Å². The molecule has 0 saturated heterocycles. The fourth-order valence-electron chi connectivity index (χ4n) is 5.61. The van der Waals surface area contributed by atoms with Crippen LogP contribution in [0.1, 0.15) is 50.9 Å². The number of alkyl carbamates (subject to hydrolysis) is 1. The molecule has 11 nitrogen and oxygen atoms in total. The zero-order chi connectivity index (χ0) is 37.9. The first kappa shape index (κ1) is 41.0. The maximum Gasteiger partial charge on any atom is 0.407 e. The number of amides is 3. The number of aliphatic hydroxyl groups is 1. The maximum atomic E-state index is 15.1. The monoisotopic (exact) mass is 732 g/mol. The van der Waals surface area contributed by atoms with E-state index in [1.54, 1.807) is 12.3 Å². The SMILES string of the molecule is CC(C)(C)[C@H](c1cc(-c2cc(F)ccc2F)cn1Cc1ccccc1)N(C[C@H](CNC(=O)OCCS(C)(C)C)NC(=O)CCC(=O)O)C(=O)CO. The largest absolute Gasteiger partial charge is 0.481 e. The van der Waals surface area contributed by atoms with Gasteiger partial charge in [-0.05, 0) is 54.0 Å². The van der Waals surface area contributed by atoms with Crippen molar-refractivity contribution in [1.82, 2.24) is 20.1 Å². The molecule has 1 heterocycles. The number of hydrogen-bond acceptors (Lipinski definition) is 6. The van der Waals surface area contributed by atoms with E-state index >= 15 is 4.39 Å². The fourth-order valence-corrected chi connectivity index (χ4v) is 6.20. The number of aliphatic hydroxyl groups excluding tert-OH is 1. The summed E-state index contributed by atoms with van der Waals surface area (Å²) in [7, 11) is -0.922. The molecule has 51 heavy (non-hydrogen) atoms. The van der Waals surface area contributed by atoms with Gasteiger partial charge in [0.2, 0.25) is 11.8 Å². The van der Waals surface area contributed by atoms with Crippen molar-refractivity contribution in [2.45, 2.75) is 52.2 Å². The van der Waals surface area contributed by atoms with E-state index in [0.717, 1.165) is 23.8 Å². The van der Waals surface area contributed by atoms with E-state index in [2.05, 4.69) is 29.4 Å². The van der Waals surface area contributed by atoms with E-state index in [1.165, 1.54) is 4.90 Å². The van der Waals surface area contributed by atoms with Gasteiger partial charge in [-0.2, -0.15) is 0 Å². The molecule has 3 rings (SSSR count). The minimum absolute atomic E-state index is 0.0232. The molecule has 3 amide bonds. The minimum atomic E-state index is -1.17. The predicted molar refractivity (Wildman–Crippen MR) is 195 cm³/mol. The van der Waals surface area contributed by atoms with Crippen LogP contribution in [0.5, 0.6) is 0 Å². The Labute approximate surface area is 299 Å². The molecule has 0 aliphatic heterocycles. The van der Waals surface area contributed by atoms with E-state index < -0.39 is 76.1 Å². The Morgan fingerprint density at radius 2 is 1.69 bits per heavy atom. The summed E-state index contributed by atoms with van der Waals surface area (Å²) in [6.45, 7) is 4.85. The summed E-state index contributed by atoms with van der Waals surface area (Å²) in [4.78, 5) is 51.8. The fraction of sp³-hybridized carbons (Fsp3) is 0.459. The van der Waals surface area contributed by atoms with Gasteiger partial charge in [-0.25, -0.2) is 23.6 Å². The first-order valence-electron chi connectivity index (χ1n) is 16.6. The second-order valence-electron chi connectivity index (χ2n) is 14.3. The number of rotatable bonds is 17. The van der Waals surface area contributed by atoms with Crippen LogP contribution < -0.4 is 10.6 Å². The number of benzene rings is 2. The molecule has 1 aromatic heterocycles. The molecule has 2 aromatic carbocycles. The number of carboxylic acids is 1. The van der Waals surface area contributed by atoms with Gasteiger partial charge in [0.1, 0.15) is 24.8 Å². The Kier molecular flexibility index (Phi) is 14.6. The summed E-state index contributed by atoms with van der Waals surface area (Å²) in [6, 6.07) is 12.5. The third-order valence-electron chi connectivity index (χ3n) is 8.00. The Hall–Kier alpha value is -4.43. The van der Waals surface area contributed by atoms with E-state index in [1.807, 2.05) is 55.7 Å². The highest BCUT2D eigenvalue weighted by Crippen LogP contribution is 2.41. The van der Waals surface area contributed by atoms with E-state index in [4.69, 9.17) is 9.84 Å². The second-order valence-corrected chi connectivity index (χ2v) is 18.9. The van der Waals surface area contributed by atoms with Crippen LogP contribution in [-0.4, -0.2) is 100 Å². The van der Waals surface area contributed by atoms with Crippen LogP contribution in [-0.2, 0) is 25.7 Å². The Morgan fingerprint density at radius 1 is 1.00 bits per heavy atom. The summed E-state index contributed by atoms with van der Waals surface area (Å²) in [5.41, 5.74) is 1.08. The van der Waals surface area contributed by atoms with Gasteiger partial charge in [-0.15, -0.1) is 0 Å². The molecule has 0 aliphatic rings. The summed E-state index contributed by atoms with van der Waals surface area (Å²) < 4.78 is 36.6. The standard InChI is InChI=1S/C37H50F2N4O7S/c1-37(2,3)35(31-18-26(29-19-27(38)12-13-30(29)39)22-42(31)21-25-10-8-7-9-11-25)43(33(46)24-44)23-28(41-32(45)14-15-34(47)48)20-40-36(49)50-16-17-51(4,5)6/h7-13,18-19,22,28,35,44H,14-17,20-21,23-24H2,1-6H3,(H,40,49)(H,41,45)(H,47,48)/t28-,35-/m0/s1. The van der Waals surface area contributed by atoms with Crippen molar-refractivity contribution in [3.05, 3.63) is 83.7 Å². The van der Waals surface area contributed by atoms with Gasteiger partial charge in [0.05, 0.1) is 18.5 Å². The highest BCUT2D eigenvalue weighted by molar-refractivity contribution is 8.32. The highest BCUT2D eigenvalue weighted by atomic mass is 32.3. The summed E-state index contributed by atoms with van der Waals surface area (Å²) >= 11 is 0. The van der Waals surface area contributed by atoms with Crippen LogP contribution in [0.15, 0.2) is 60.8 Å². The van der Waals surface area contributed by atoms with Crippen molar-refractivity contribution < 1.29 is 42.9 Å². The smallest absolute Gasteiger partial charge is 0.407 e. The molecular formula is C37H50F2N4O7S. The number of hydrogen-bond donors (Lipinski definition) is 4. The van der Waals surface area contributed by atoms with E-state index in [0.29, 0.717) is 23.6 Å². The molecule has 2 atom stereocenters. The minimum Gasteiger partial charge on any atom is -0.481 e. The number of ether oxygens (including phenoxy) is 1. The van der Waals surface area contributed by atoms with Gasteiger partial charge in [0, 0.05) is 54.8 Å². The zero-order valence-corrected chi connectivity index (χ0v) is 30.9. The van der Waals surface area contributed by atoms with Crippen molar-refractivity contribution >= 4 is 33.9 Å². The normalized spacial score (nSPS) is 13.2. The summed E-state index contributed by atoms with van der Waals surface area (Å²) in [6.07, 6.45) is 6.44. The van der Waals surface area contributed by atoms with E-state index in [9.17, 15) is 28.7 Å². The second kappa shape index (κ2) is 18.2. The van der Waals surface area contributed by atoms with Gasteiger partial charge >= 0.3 is 12.1 Å².